The van der Waals surface area contributed by atoms with Crippen molar-refractivity contribution >= 4 is 23.9 Å². The Bertz CT molecular complexity index is 3580. The summed E-state index contributed by atoms with van der Waals surface area (Å²) >= 11 is 0. The lowest BCUT2D eigenvalue weighted by atomic mass is 9.89. The van der Waals surface area contributed by atoms with Gasteiger partial charge in [-0.3, -0.25) is 0 Å². The maximum atomic E-state index is 13.0. The van der Waals surface area contributed by atoms with Crippen molar-refractivity contribution in [3.63, 3.8) is 0 Å². The zero-order valence-corrected chi connectivity index (χ0v) is 64.3. The molecule has 0 radical (unpaired) electrons. The number of unbranched alkanes of at least 4 members (excludes halogenated alkanes) is 16. The van der Waals surface area contributed by atoms with Gasteiger partial charge in [0.05, 0.1) is 77.8 Å². The molecule has 0 fully saturated rings. The molecule has 0 aromatic heterocycles. The quantitative estimate of drug-likeness (QED) is 0.0133. The van der Waals surface area contributed by atoms with Crippen LogP contribution in [0.25, 0.3) is 9.69 Å². The van der Waals surface area contributed by atoms with Crippen LogP contribution in [0.1, 0.15) is 263 Å². The van der Waals surface area contributed by atoms with Crippen LogP contribution in [0.4, 0.5) is 0 Å². The Morgan fingerprint density at radius 2 is 0.638 bits per heavy atom. The van der Waals surface area contributed by atoms with Crippen molar-refractivity contribution in [1.29, 1.82) is 10.5 Å². The molecule has 0 saturated heterocycles. The molecule has 4 aromatic carbocycles. The third-order valence-electron chi connectivity index (χ3n) is 18.2. The fraction of sp³-hybridized carbons (Fsp3) is 0.551. The summed E-state index contributed by atoms with van der Waals surface area (Å²) < 4.78 is 50.9. The minimum Gasteiger partial charge on any atom is -0.493 e. The number of nitriles is 2. The van der Waals surface area contributed by atoms with E-state index in [2.05, 4.69) is 119 Å². The van der Waals surface area contributed by atoms with Crippen LogP contribution in [0.5, 0.6) is 23.0 Å². The Kier molecular flexibility index (Phi) is 45.1. The molecule has 0 aliphatic rings. The van der Waals surface area contributed by atoms with Gasteiger partial charge in [0, 0.05) is 30.4 Å². The zero-order chi connectivity index (χ0) is 76.2. The summed E-state index contributed by atoms with van der Waals surface area (Å²) in [6, 6.07) is 23.6. The van der Waals surface area contributed by atoms with Crippen LogP contribution < -0.4 is 18.9 Å². The van der Waals surface area contributed by atoms with E-state index >= 15 is 0 Å². The second-order valence-corrected chi connectivity index (χ2v) is 27.3. The molecule has 0 amide bonds. The maximum Gasteiger partial charge on any atom is 0.340 e. The first-order valence-electron chi connectivity index (χ1n) is 38.9. The predicted octanol–water partition coefficient (Wildman–Crippen LogP) is 20.2. The highest BCUT2D eigenvalue weighted by Crippen LogP contribution is 2.40. The lowest BCUT2D eigenvalue weighted by molar-refractivity contribution is -0.140. The fourth-order valence-corrected chi connectivity index (χ4v) is 12.4. The normalized spacial score (nSPS) is 10.8. The molecule has 0 N–H and O–H groups in total. The van der Waals surface area contributed by atoms with Gasteiger partial charge in [0.1, 0.15) is 34.1 Å². The van der Waals surface area contributed by atoms with Crippen LogP contribution in [-0.4, -0.2) is 89.8 Å². The van der Waals surface area contributed by atoms with Gasteiger partial charge in [-0.25, -0.2) is 32.3 Å². The Morgan fingerprint density at radius 3 is 0.962 bits per heavy atom. The average Bonchev–Trinajstić information content (AvgIpc) is 0.780. The number of benzene rings is 4. The zero-order valence-electron chi connectivity index (χ0n) is 64.3. The number of carbonyl (C=O) groups excluding carboxylic acids is 4. The molecule has 16 nitrogen and oxygen atoms in total. The van der Waals surface area contributed by atoms with Gasteiger partial charge in [0.15, 0.2) is 0 Å². The van der Waals surface area contributed by atoms with Crippen LogP contribution in [-0.2, 0) is 89.5 Å². The molecule has 0 heterocycles. The third-order valence-corrected chi connectivity index (χ3v) is 18.2. The van der Waals surface area contributed by atoms with Crippen molar-refractivity contribution in [3.05, 3.63) is 187 Å². The number of carbonyl (C=O) groups is 4. The molecule has 568 valence electrons. The first-order chi connectivity index (χ1) is 51.1. The van der Waals surface area contributed by atoms with E-state index in [0.29, 0.717) is 103 Å². The molecule has 4 rings (SSSR count). The molecule has 0 bridgehead atoms. The van der Waals surface area contributed by atoms with Gasteiger partial charge in [0.2, 0.25) is 13.1 Å². The monoisotopic (exact) mass is 1440 g/mol. The SMILES string of the molecule is [C-]#[N+]CC(=C)C(=O)OCCCc1cc(CC)c(OCCCCCCC)c(Cc2cc(CCCOC(=O)C(=C)C[N+]#[C-])cc(Cc3cc(CCCOC(=O)C(=C)CC#N)cc(Cc4cc(CCCOC(=O)C(=C)CC#N)ccc4OCCCCCCC)c3OCCCCCCC)c2OCCCCCCC)c1. The first-order valence-corrected chi connectivity index (χ1v) is 38.9. The van der Waals surface area contributed by atoms with E-state index in [1.165, 1.54) is 0 Å². The number of ether oxygens (including phenoxy) is 8. The van der Waals surface area contributed by atoms with Crippen molar-refractivity contribution in [3.8, 4) is 35.1 Å². The van der Waals surface area contributed by atoms with Gasteiger partial charge in [-0.05, 0) is 151 Å². The number of nitrogens with zero attached hydrogens (tertiary/aromatic N) is 4. The molecule has 0 aliphatic carbocycles. The lowest BCUT2D eigenvalue weighted by Gasteiger charge is -2.23. The molecule has 0 saturated carbocycles. The van der Waals surface area contributed by atoms with Gasteiger partial charge in [-0.1, -0.05) is 212 Å². The van der Waals surface area contributed by atoms with Gasteiger partial charge < -0.3 is 47.6 Å². The van der Waals surface area contributed by atoms with Crippen LogP contribution in [0.2, 0.25) is 0 Å². The molecule has 0 atom stereocenters. The number of hydrogen-bond donors (Lipinski definition) is 0. The lowest BCUT2D eigenvalue weighted by Crippen LogP contribution is -2.12. The Balaban J connectivity index is 2.10. The molecule has 0 unspecified atom stereocenters. The largest absolute Gasteiger partial charge is 0.493 e. The van der Waals surface area contributed by atoms with Crippen molar-refractivity contribution in [2.45, 2.75) is 253 Å². The molecular weight excluding hydrogens is 1320 g/mol. The standard InChI is InChI=1S/C89H120N4O12/c1-12-17-21-25-29-47-98-82-42-41-71(37-33-51-102-86(94)67(6)43-45-90)55-76(82)62-77-58-73(39-35-52-103-87(95)68(7)44-46-91)59-80(84(77)100-49-31-27-23-19-14-3)64-81-61-74(40-36-54-105-89(97)70(9)66-93-11)60-79(85(81)101-50-32-28-24-20-15-4)63-78-57-72(38-34-53-104-88(96)69(8)65-92-10)56-75(16-5)83(78)99-48-30-26-22-18-13-2/h41-42,55-61H,6-9,12-40,43-44,47-54,62-66H2,1-5H3. The average molecular weight is 1440 g/mol. The molecule has 4 aromatic rings. The van der Waals surface area contributed by atoms with E-state index in [4.69, 9.17) is 51.0 Å². The van der Waals surface area contributed by atoms with Crippen molar-refractivity contribution < 1.29 is 57.1 Å². The van der Waals surface area contributed by atoms with E-state index in [-0.39, 0.29) is 74.7 Å². The van der Waals surface area contributed by atoms with E-state index in [1.54, 1.807) is 0 Å². The minimum atomic E-state index is -0.601. The maximum absolute atomic E-state index is 13.0. The number of rotatable bonds is 59. The highest BCUT2D eigenvalue weighted by molar-refractivity contribution is 5.89. The van der Waals surface area contributed by atoms with Gasteiger partial charge in [-0.2, -0.15) is 10.5 Å². The number of hydrogen-bond acceptors (Lipinski definition) is 14. The first kappa shape index (κ1) is 88.3. The Morgan fingerprint density at radius 1 is 0.352 bits per heavy atom. The summed E-state index contributed by atoms with van der Waals surface area (Å²) in [5.74, 6) is 0.800. The summed E-state index contributed by atoms with van der Waals surface area (Å²) in [5.41, 5.74) is 11.4. The van der Waals surface area contributed by atoms with E-state index < -0.39 is 23.9 Å². The Hall–Kier alpha value is -9.12. The Labute approximate surface area is 629 Å². The van der Waals surface area contributed by atoms with Crippen molar-refractivity contribution in [1.82, 2.24) is 0 Å². The highest BCUT2D eigenvalue weighted by Gasteiger charge is 2.24. The van der Waals surface area contributed by atoms with Crippen LogP contribution >= 0.6 is 0 Å². The summed E-state index contributed by atoms with van der Waals surface area (Å²) in [7, 11) is 0. The van der Waals surface area contributed by atoms with Crippen LogP contribution in [0.15, 0.2) is 103 Å². The fourth-order valence-electron chi connectivity index (χ4n) is 12.4. The molecule has 105 heavy (non-hydrogen) atoms. The predicted molar refractivity (Wildman–Crippen MR) is 418 cm³/mol. The van der Waals surface area contributed by atoms with Crippen molar-refractivity contribution in [2.24, 2.45) is 0 Å². The number of esters is 4. The molecular formula is C89H120N4O12. The summed E-state index contributed by atoms with van der Waals surface area (Å²) in [4.78, 5) is 58.1. The number of aryl methyl sites for hydroxylation is 5. The van der Waals surface area contributed by atoms with Crippen molar-refractivity contribution in [2.75, 3.05) is 65.9 Å². The van der Waals surface area contributed by atoms with Crippen LogP contribution in [0, 0.1) is 35.8 Å². The molecule has 16 heteroatoms. The molecule has 0 aliphatic heterocycles. The van der Waals surface area contributed by atoms with Gasteiger partial charge >= 0.3 is 23.9 Å². The van der Waals surface area contributed by atoms with E-state index in [0.717, 1.165) is 213 Å². The van der Waals surface area contributed by atoms with Gasteiger partial charge in [-0.15, -0.1) is 0 Å². The highest BCUT2D eigenvalue weighted by atomic mass is 16.5. The van der Waals surface area contributed by atoms with E-state index in [9.17, 15) is 29.7 Å². The summed E-state index contributed by atoms with van der Waals surface area (Å²) in [6.45, 7) is 42.9. The summed E-state index contributed by atoms with van der Waals surface area (Å²) in [5, 5.41) is 18.5. The topological polar surface area (TPSA) is 198 Å². The van der Waals surface area contributed by atoms with E-state index in [1.807, 2.05) is 18.2 Å². The van der Waals surface area contributed by atoms with Gasteiger partial charge in [0.25, 0.3) is 0 Å². The second kappa shape index (κ2) is 53.6. The third kappa shape index (κ3) is 34.6. The summed E-state index contributed by atoms with van der Waals surface area (Å²) in [6.07, 6.45) is 27.1. The smallest absolute Gasteiger partial charge is 0.340 e. The molecule has 0 spiro atoms. The minimum absolute atomic E-state index is 0.100. The second-order valence-electron chi connectivity index (χ2n) is 27.3. The van der Waals surface area contributed by atoms with Crippen LogP contribution in [0.3, 0.4) is 0 Å².